The number of hydrogen-bond acceptors (Lipinski definition) is 0. The van der Waals surface area contributed by atoms with Crippen molar-refractivity contribution in [3.63, 3.8) is 0 Å². The highest BCUT2D eigenvalue weighted by atomic mass is 14.3. The van der Waals surface area contributed by atoms with Gasteiger partial charge in [-0.1, -0.05) is 46.2 Å². The van der Waals surface area contributed by atoms with Gasteiger partial charge in [-0.25, -0.2) is 0 Å². The van der Waals surface area contributed by atoms with Gasteiger partial charge in [0.25, 0.3) is 0 Å². The lowest BCUT2D eigenvalue weighted by molar-refractivity contribution is 0.740. The van der Waals surface area contributed by atoms with E-state index >= 15 is 0 Å². The van der Waals surface area contributed by atoms with Gasteiger partial charge < -0.3 is 0 Å². The highest BCUT2D eigenvalue weighted by Gasteiger charge is 2.40. The quantitative estimate of drug-likeness (QED) is 0.495. The molecule has 60 valence electrons. The van der Waals surface area contributed by atoms with Gasteiger partial charge in [-0.05, 0) is 12.5 Å². The van der Waals surface area contributed by atoms with Crippen molar-refractivity contribution >= 4 is 31.4 Å². The van der Waals surface area contributed by atoms with Gasteiger partial charge in [0.05, 0.1) is 31.4 Å². The van der Waals surface area contributed by atoms with Crippen LogP contribution in [0.5, 0.6) is 0 Å². The predicted octanol–water partition coefficient (Wildman–Crippen LogP) is 0.378. The predicted molar refractivity (Wildman–Crippen MR) is 62.2 cm³/mol. The Balaban J connectivity index is 2.72. The summed E-state index contributed by atoms with van der Waals surface area (Å²) >= 11 is 0. The van der Waals surface area contributed by atoms with E-state index < -0.39 is 10.4 Å². The third-order valence-electron chi connectivity index (χ3n) is 2.82. The smallest absolute Gasteiger partial charge is 0.0682 e. The summed E-state index contributed by atoms with van der Waals surface area (Å²) in [4.78, 5) is 0. The van der Waals surface area contributed by atoms with E-state index in [0.29, 0.717) is 6.42 Å². The van der Waals surface area contributed by atoms with Crippen LogP contribution in [-0.4, -0.2) is 31.4 Å². The summed E-state index contributed by atoms with van der Waals surface area (Å²) in [5.74, 6) is 0. The van der Waals surface area contributed by atoms with Crippen molar-refractivity contribution in [1.29, 1.82) is 0 Å². The maximum atomic E-state index is 5.98. The van der Waals surface area contributed by atoms with Crippen LogP contribution in [0, 0.1) is 6.92 Å². The van der Waals surface area contributed by atoms with Gasteiger partial charge >= 0.3 is 0 Å². The van der Waals surface area contributed by atoms with Crippen molar-refractivity contribution in [2.24, 2.45) is 0 Å². The van der Waals surface area contributed by atoms with E-state index in [9.17, 15) is 0 Å². The van der Waals surface area contributed by atoms with Crippen LogP contribution in [0.2, 0.25) is 0 Å². The number of benzene rings is 1. The normalized spacial score (nSPS) is 21.8. The van der Waals surface area contributed by atoms with E-state index in [-0.39, 0.29) is 0 Å². The van der Waals surface area contributed by atoms with Crippen molar-refractivity contribution in [3.8, 4) is 0 Å². The molecule has 0 N–H and O–H groups in total. The molecule has 0 unspecified atom stereocenters. The Kier molecular flexibility index (Phi) is 1.96. The largest absolute Gasteiger partial charge is 0.0758 e. The molecule has 0 amide bonds. The van der Waals surface area contributed by atoms with E-state index in [0.717, 1.165) is 16.7 Å². The van der Waals surface area contributed by atoms with Crippen LogP contribution in [-0.2, 0) is 10.4 Å². The molecule has 1 aliphatic rings. The van der Waals surface area contributed by atoms with Crippen molar-refractivity contribution in [2.45, 2.75) is 23.8 Å². The molecule has 1 aliphatic carbocycles. The minimum absolute atomic E-state index is 0.375. The summed E-state index contributed by atoms with van der Waals surface area (Å²) in [5.41, 5.74) is 2.80. The maximum absolute atomic E-state index is 5.98. The average molecular weight is 171 g/mol. The van der Waals surface area contributed by atoms with Crippen molar-refractivity contribution in [2.75, 3.05) is 0 Å². The molecule has 0 aliphatic heterocycles. The summed E-state index contributed by atoms with van der Waals surface area (Å²) in [6, 6.07) is 5.78. The van der Waals surface area contributed by atoms with E-state index in [1.54, 1.807) is 0 Å². The van der Waals surface area contributed by atoms with Crippen LogP contribution in [0.15, 0.2) is 18.2 Å². The fraction of sp³-hybridized carbons (Fsp3) is 0.400. The maximum Gasteiger partial charge on any atom is 0.0682 e. The number of fused-ring (bicyclic) bond motifs is 1. The molecule has 0 atom stereocenters. The molecule has 14 heavy (non-hydrogen) atoms. The molecule has 1 aromatic rings. The van der Waals surface area contributed by atoms with Gasteiger partial charge in [-0.2, -0.15) is 0 Å². The van der Waals surface area contributed by atoms with E-state index in [1.807, 2.05) is 25.1 Å². The summed E-state index contributed by atoms with van der Waals surface area (Å²) in [6.45, 7) is 1.97. The Bertz CT molecular complexity index is 382. The standard InChI is InChI=1S/C10H8B4/c1-6-3-2-4-7-8(6)10(13,14)5-9(7,11)12/h2-4H,5H2,1H3. The van der Waals surface area contributed by atoms with Gasteiger partial charge in [0.2, 0.25) is 0 Å². The van der Waals surface area contributed by atoms with Crippen LogP contribution in [0.1, 0.15) is 23.1 Å². The highest BCUT2D eigenvalue weighted by Crippen LogP contribution is 2.44. The zero-order chi connectivity index (χ0) is 10.6. The summed E-state index contributed by atoms with van der Waals surface area (Å²) in [5, 5.41) is -1.80. The fourth-order valence-electron chi connectivity index (χ4n) is 2.34. The topological polar surface area (TPSA) is 0 Å². The van der Waals surface area contributed by atoms with Crippen LogP contribution in [0.3, 0.4) is 0 Å². The van der Waals surface area contributed by atoms with Crippen molar-refractivity contribution in [3.05, 3.63) is 34.9 Å². The molecule has 0 saturated heterocycles. The second-order valence-corrected chi connectivity index (χ2v) is 4.25. The lowest BCUT2D eigenvalue weighted by Crippen LogP contribution is -2.30. The fourth-order valence-corrected chi connectivity index (χ4v) is 2.34. The van der Waals surface area contributed by atoms with E-state index in [2.05, 4.69) is 0 Å². The van der Waals surface area contributed by atoms with Gasteiger partial charge in [-0.15, -0.1) is 0 Å². The second-order valence-electron chi connectivity index (χ2n) is 4.25. The third kappa shape index (κ3) is 1.27. The molecule has 1 aromatic carbocycles. The summed E-state index contributed by atoms with van der Waals surface area (Å²) in [7, 11) is 23.9. The van der Waals surface area contributed by atoms with Gasteiger partial charge in [0.15, 0.2) is 0 Å². The molecule has 0 saturated carbocycles. The van der Waals surface area contributed by atoms with Crippen molar-refractivity contribution < 1.29 is 0 Å². The molecular formula is C10H8B4. The van der Waals surface area contributed by atoms with Crippen LogP contribution >= 0.6 is 0 Å². The molecule has 2 rings (SSSR count). The van der Waals surface area contributed by atoms with Crippen LogP contribution in [0.25, 0.3) is 0 Å². The Morgan fingerprint density at radius 1 is 1.07 bits per heavy atom. The first-order valence-corrected chi connectivity index (χ1v) is 4.61. The lowest BCUT2D eigenvalue weighted by atomic mass is 9.45. The first-order chi connectivity index (χ1) is 6.34. The molecule has 0 bridgehead atoms. The zero-order valence-electron chi connectivity index (χ0n) is 8.25. The average Bonchev–Trinajstić information content (AvgIpc) is 2.18. The first kappa shape index (κ1) is 10.0. The Hall–Kier alpha value is -0.520. The zero-order valence-corrected chi connectivity index (χ0v) is 8.25. The first-order valence-electron chi connectivity index (χ1n) is 4.61. The van der Waals surface area contributed by atoms with Gasteiger partial charge in [0, 0.05) is 0 Å². The third-order valence-corrected chi connectivity index (χ3v) is 2.82. The summed E-state index contributed by atoms with van der Waals surface area (Å²) in [6.07, 6.45) is 0.375. The molecule has 0 fully saturated rings. The second kappa shape index (κ2) is 2.74. The molecule has 0 aromatic heterocycles. The number of rotatable bonds is 0. The molecule has 8 radical (unpaired) electrons. The Morgan fingerprint density at radius 2 is 1.71 bits per heavy atom. The highest BCUT2D eigenvalue weighted by molar-refractivity contribution is 6.46. The van der Waals surface area contributed by atoms with Crippen LogP contribution < -0.4 is 0 Å². The molecule has 0 spiro atoms. The van der Waals surface area contributed by atoms with E-state index in [1.165, 1.54) is 0 Å². The SMILES string of the molecule is [B]C1([B])CC([B])([B])c2c(C)cccc21. The van der Waals surface area contributed by atoms with Gasteiger partial charge in [0.1, 0.15) is 0 Å². The lowest BCUT2D eigenvalue weighted by Gasteiger charge is -2.24. The monoisotopic (exact) mass is 172 g/mol. The van der Waals surface area contributed by atoms with Crippen molar-refractivity contribution in [1.82, 2.24) is 0 Å². The summed E-state index contributed by atoms with van der Waals surface area (Å²) < 4.78 is 0. The van der Waals surface area contributed by atoms with Gasteiger partial charge in [-0.3, -0.25) is 0 Å². The van der Waals surface area contributed by atoms with Crippen LogP contribution in [0.4, 0.5) is 0 Å². The molecule has 0 nitrogen and oxygen atoms in total. The number of aryl methyl sites for hydroxylation is 1. The Morgan fingerprint density at radius 3 is 2.29 bits per heavy atom. The minimum Gasteiger partial charge on any atom is -0.0758 e. The van der Waals surface area contributed by atoms with E-state index in [4.69, 9.17) is 31.4 Å². The molecule has 4 heteroatoms. The number of hydrogen-bond donors (Lipinski definition) is 0. The minimum atomic E-state index is -0.899. The molecule has 0 heterocycles. The Labute approximate surface area is 90.5 Å². The molecular weight excluding hydrogens is 163 g/mol.